The molecule has 2 saturated heterocycles. The smallest absolute Gasteiger partial charge is 0.387 e. The Kier molecular flexibility index (Phi) is 5.78. The maximum absolute atomic E-state index is 12.7. The van der Waals surface area contributed by atoms with Gasteiger partial charge in [0.05, 0.1) is 4.90 Å². The van der Waals surface area contributed by atoms with Gasteiger partial charge in [0, 0.05) is 26.2 Å². The van der Waals surface area contributed by atoms with E-state index in [4.69, 9.17) is 0 Å². The van der Waals surface area contributed by atoms with Crippen LogP contribution in [0.1, 0.15) is 11.7 Å². The molecule has 1 N–H and O–H groups in total. The van der Waals surface area contributed by atoms with Gasteiger partial charge in [-0.15, -0.1) is 0 Å². The molecule has 0 spiro atoms. The number of hydrogen-bond donors (Lipinski definition) is 1. The highest BCUT2D eigenvalue weighted by atomic mass is 32.2. The summed E-state index contributed by atoms with van der Waals surface area (Å²) in [6, 6.07) is 13.5. The first-order valence-electron chi connectivity index (χ1n) is 9.52. The summed E-state index contributed by atoms with van der Waals surface area (Å²) in [5, 5.41) is 10.2. The van der Waals surface area contributed by atoms with Crippen molar-refractivity contribution in [1.82, 2.24) is 9.21 Å². The van der Waals surface area contributed by atoms with E-state index in [1.807, 2.05) is 0 Å². The number of aliphatic hydroxyl groups is 1. The Morgan fingerprint density at radius 2 is 1.52 bits per heavy atom. The molecule has 2 aliphatic heterocycles. The molecule has 2 aromatic carbocycles. The predicted octanol–water partition coefficient (Wildman–Crippen LogP) is 2.16. The van der Waals surface area contributed by atoms with Crippen molar-refractivity contribution in [3.63, 3.8) is 0 Å². The van der Waals surface area contributed by atoms with Crippen LogP contribution in [0.25, 0.3) is 0 Å². The van der Waals surface area contributed by atoms with Gasteiger partial charge in [-0.3, -0.25) is 4.79 Å². The van der Waals surface area contributed by atoms with E-state index < -0.39 is 22.7 Å². The zero-order chi connectivity index (χ0) is 22.2. The van der Waals surface area contributed by atoms with Crippen LogP contribution in [0.15, 0.2) is 70.6 Å². The Morgan fingerprint density at radius 1 is 0.935 bits per heavy atom. The van der Waals surface area contributed by atoms with Crippen LogP contribution in [0, 0.1) is 0 Å². The summed E-state index contributed by atoms with van der Waals surface area (Å²) in [6.45, 7) is -1.81. The lowest BCUT2D eigenvalue weighted by atomic mass is 9.95. The maximum Gasteiger partial charge on any atom is 0.387 e. The average molecular weight is 450 g/mol. The molecule has 4 rings (SSSR count). The summed E-state index contributed by atoms with van der Waals surface area (Å²) in [4.78, 5) is 13.9. The number of sulfonamides is 1. The number of hydrogen-bond acceptors (Lipinski definition) is 5. The number of amides is 1. The summed E-state index contributed by atoms with van der Waals surface area (Å²) < 4.78 is 55.3. The number of likely N-dealkylation sites (tertiary alicyclic amines) is 1. The largest absolute Gasteiger partial charge is 0.435 e. The highest BCUT2D eigenvalue weighted by Gasteiger charge is 2.38. The first-order valence-corrected chi connectivity index (χ1v) is 11.0. The van der Waals surface area contributed by atoms with Crippen LogP contribution >= 0.6 is 0 Å². The maximum atomic E-state index is 12.7. The fourth-order valence-electron chi connectivity index (χ4n) is 3.46. The van der Waals surface area contributed by atoms with Crippen molar-refractivity contribution in [3.05, 3.63) is 71.3 Å². The van der Waals surface area contributed by atoms with Crippen LogP contribution in [-0.2, 0) is 14.8 Å². The lowest BCUT2D eigenvalue weighted by Crippen LogP contribution is -2.52. The third-order valence-electron chi connectivity index (χ3n) is 5.35. The van der Waals surface area contributed by atoms with Crippen LogP contribution in [-0.4, -0.2) is 61.4 Å². The molecular formula is C21H20F2N2O5S. The molecular weight excluding hydrogens is 430 g/mol. The molecule has 1 unspecified atom stereocenters. The number of carbonyl (C=O) groups is 1. The zero-order valence-corrected chi connectivity index (χ0v) is 17.1. The second kappa shape index (κ2) is 8.37. The lowest BCUT2D eigenvalue weighted by molar-refractivity contribution is -0.142. The van der Waals surface area contributed by atoms with Crippen molar-refractivity contribution in [2.75, 3.05) is 26.2 Å². The van der Waals surface area contributed by atoms with E-state index in [1.54, 1.807) is 30.3 Å². The van der Waals surface area contributed by atoms with E-state index in [-0.39, 0.29) is 29.6 Å². The normalized spacial score (nSPS) is 17.9. The van der Waals surface area contributed by atoms with Gasteiger partial charge in [0.15, 0.2) is 6.10 Å². The van der Waals surface area contributed by atoms with E-state index in [9.17, 15) is 27.1 Å². The van der Waals surface area contributed by atoms with E-state index in [1.165, 1.54) is 33.5 Å². The van der Waals surface area contributed by atoms with Crippen LogP contribution < -0.4 is 4.74 Å². The minimum atomic E-state index is -3.74. The van der Waals surface area contributed by atoms with Crippen molar-refractivity contribution in [3.8, 4) is 5.75 Å². The molecule has 0 bridgehead atoms. The molecule has 10 heteroatoms. The second-order valence-electron chi connectivity index (χ2n) is 7.34. The highest BCUT2D eigenvalue weighted by molar-refractivity contribution is 7.89. The Labute approximate surface area is 178 Å². The molecule has 0 radical (unpaired) electrons. The number of rotatable bonds is 6. The van der Waals surface area contributed by atoms with Gasteiger partial charge in [0.1, 0.15) is 5.75 Å². The fourth-order valence-corrected chi connectivity index (χ4v) is 4.89. The van der Waals surface area contributed by atoms with Crippen molar-refractivity contribution in [2.45, 2.75) is 17.6 Å². The van der Waals surface area contributed by atoms with Crippen molar-refractivity contribution >= 4 is 15.9 Å². The third-order valence-corrected chi connectivity index (χ3v) is 7.15. The number of halogens is 2. The van der Waals surface area contributed by atoms with Gasteiger partial charge in [0.25, 0.3) is 5.91 Å². The summed E-state index contributed by atoms with van der Waals surface area (Å²) in [5.74, 6) is -0.497. The van der Waals surface area contributed by atoms with Crippen LogP contribution in [0.4, 0.5) is 8.78 Å². The van der Waals surface area contributed by atoms with Gasteiger partial charge in [-0.25, -0.2) is 8.42 Å². The van der Waals surface area contributed by atoms with E-state index in [0.29, 0.717) is 18.7 Å². The molecule has 31 heavy (non-hydrogen) atoms. The van der Waals surface area contributed by atoms with Crippen molar-refractivity contribution in [2.24, 2.45) is 0 Å². The monoisotopic (exact) mass is 450 g/mol. The van der Waals surface area contributed by atoms with Gasteiger partial charge in [0.2, 0.25) is 10.0 Å². The Balaban J connectivity index is 1.33. The second-order valence-corrected chi connectivity index (χ2v) is 9.28. The molecule has 0 saturated carbocycles. The van der Waals surface area contributed by atoms with Crippen molar-refractivity contribution < 1.29 is 31.8 Å². The molecule has 0 aliphatic carbocycles. The topological polar surface area (TPSA) is 87.2 Å². The molecule has 1 amide bonds. The fraction of sp³-hybridized carbons (Fsp3) is 0.286. The summed E-state index contributed by atoms with van der Waals surface area (Å²) in [6.07, 6.45) is -1.22. The molecule has 7 nitrogen and oxygen atoms in total. The number of alkyl halides is 2. The summed E-state index contributed by atoms with van der Waals surface area (Å²) in [7, 11) is -3.74. The molecule has 164 valence electrons. The van der Waals surface area contributed by atoms with Crippen molar-refractivity contribution in [1.29, 1.82) is 0 Å². The number of benzene rings is 2. The van der Waals surface area contributed by atoms with E-state index in [2.05, 4.69) is 4.74 Å². The minimum absolute atomic E-state index is 0.00503. The van der Waals surface area contributed by atoms with Crippen LogP contribution in [0.2, 0.25) is 0 Å². The van der Waals surface area contributed by atoms with Gasteiger partial charge in [-0.05, 0) is 41.0 Å². The number of ether oxygens (including phenoxy) is 1. The molecule has 1 atom stereocenters. The third kappa shape index (κ3) is 4.32. The number of aliphatic hydroxyl groups excluding tert-OH is 1. The molecule has 0 aromatic heterocycles. The number of carbonyl (C=O) groups excluding carboxylic acids is 1. The molecule has 2 aliphatic rings. The first kappa shape index (κ1) is 21.4. The van der Waals surface area contributed by atoms with Crippen LogP contribution in [0.3, 0.4) is 0 Å². The lowest BCUT2D eigenvalue weighted by Gasteiger charge is -2.42. The summed E-state index contributed by atoms with van der Waals surface area (Å²) in [5.41, 5.74) is 2.46. The van der Waals surface area contributed by atoms with Gasteiger partial charge >= 0.3 is 6.61 Å². The molecule has 2 aromatic rings. The van der Waals surface area contributed by atoms with Gasteiger partial charge in [-0.2, -0.15) is 13.1 Å². The minimum Gasteiger partial charge on any atom is -0.435 e. The predicted molar refractivity (Wildman–Crippen MR) is 107 cm³/mol. The standard InChI is InChI=1S/C21H20F2N2O5S/c22-21(23)30-17-6-8-18(9-7-17)31(28,29)25-12-16(13-25)15-10-24(11-15)20(27)19(26)14-4-2-1-3-5-14/h1-9,19,21,26H,10-13H2. The van der Waals surface area contributed by atoms with Crippen LogP contribution in [0.5, 0.6) is 5.75 Å². The molecule has 2 heterocycles. The summed E-state index contributed by atoms with van der Waals surface area (Å²) >= 11 is 0. The number of nitrogens with zero attached hydrogens (tertiary/aromatic N) is 2. The Bertz CT molecular complexity index is 1090. The first-order chi connectivity index (χ1) is 14.8. The van der Waals surface area contributed by atoms with Gasteiger partial charge in [-0.1, -0.05) is 30.3 Å². The highest BCUT2D eigenvalue weighted by Crippen LogP contribution is 2.32. The Hall–Kier alpha value is -2.82. The SMILES string of the molecule is O=C(C(O)c1ccccc1)N1CC(=C2CN(S(=O)(=O)c3ccc(OC(F)F)cc3)C2)C1. The van der Waals surface area contributed by atoms with E-state index >= 15 is 0 Å². The van der Waals surface area contributed by atoms with Gasteiger partial charge < -0.3 is 14.7 Å². The Morgan fingerprint density at radius 3 is 2.10 bits per heavy atom. The molecule has 2 fully saturated rings. The van der Waals surface area contributed by atoms with E-state index in [0.717, 1.165) is 11.1 Å². The average Bonchev–Trinajstić information content (AvgIpc) is 2.68. The quantitative estimate of drug-likeness (QED) is 0.682. The zero-order valence-electron chi connectivity index (χ0n) is 16.3.